The van der Waals surface area contributed by atoms with Crippen LogP contribution in [0.4, 0.5) is 4.39 Å². The summed E-state index contributed by atoms with van der Waals surface area (Å²) >= 11 is 0. The number of piperidine rings is 1. The number of methoxy groups -OCH3 is 1. The lowest BCUT2D eigenvalue weighted by atomic mass is 9.85. The highest BCUT2D eigenvalue weighted by atomic mass is 19.1. The molecule has 7 heteroatoms. The normalized spacial score (nSPS) is 27.1. The van der Waals surface area contributed by atoms with Crippen molar-refractivity contribution in [2.24, 2.45) is 0 Å². The maximum absolute atomic E-state index is 14.4. The van der Waals surface area contributed by atoms with Gasteiger partial charge in [-0.15, -0.1) is 0 Å². The van der Waals surface area contributed by atoms with E-state index in [1.54, 1.807) is 18.2 Å². The minimum Gasteiger partial charge on any atom is -0.497 e. The van der Waals surface area contributed by atoms with Crippen LogP contribution in [0.5, 0.6) is 5.75 Å². The van der Waals surface area contributed by atoms with Gasteiger partial charge in [-0.3, -0.25) is 9.69 Å². The molecule has 2 saturated heterocycles. The molecule has 4 rings (SSSR count). The smallest absolute Gasteiger partial charge is 0.266 e. The first-order valence-corrected chi connectivity index (χ1v) is 9.72. The molecule has 150 valence electrons. The van der Waals surface area contributed by atoms with Gasteiger partial charge < -0.3 is 9.84 Å². The van der Waals surface area contributed by atoms with Crippen LogP contribution in [-0.4, -0.2) is 44.6 Å². The van der Waals surface area contributed by atoms with E-state index in [9.17, 15) is 14.3 Å². The monoisotopic (exact) mass is 387 g/mol. The van der Waals surface area contributed by atoms with E-state index in [1.165, 1.54) is 23.9 Å². The van der Waals surface area contributed by atoms with Gasteiger partial charge in [0.15, 0.2) is 0 Å². The molecule has 2 aliphatic heterocycles. The van der Waals surface area contributed by atoms with Gasteiger partial charge in [-0.1, -0.05) is 6.07 Å². The molecule has 28 heavy (non-hydrogen) atoms. The first kappa shape index (κ1) is 19.1. The second kappa shape index (κ2) is 7.29. The highest BCUT2D eigenvalue weighted by Gasteiger charge is 2.47. The van der Waals surface area contributed by atoms with Crippen LogP contribution in [0.3, 0.4) is 0 Å². The summed E-state index contributed by atoms with van der Waals surface area (Å²) in [6.45, 7) is 2.55. The van der Waals surface area contributed by atoms with Crippen molar-refractivity contribution in [3.05, 3.63) is 57.8 Å². The maximum Gasteiger partial charge on any atom is 0.266 e. The molecule has 0 spiro atoms. The molecule has 6 nitrogen and oxygen atoms in total. The lowest BCUT2D eigenvalue weighted by Gasteiger charge is -2.43. The van der Waals surface area contributed by atoms with Crippen molar-refractivity contribution in [2.75, 3.05) is 7.11 Å². The first-order valence-electron chi connectivity index (χ1n) is 9.72. The highest BCUT2D eigenvalue weighted by Crippen LogP contribution is 2.42. The van der Waals surface area contributed by atoms with Gasteiger partial charge >= 0.3 is 0 Å². The molecule has 0 amide bonds. The van der Waals surface area contributed by atoms with Crippen LogP contribution in [-0.2, 0) is 13.1 Å². The number of hydrogen-bond acceptors (Lipinski definition) is 5. The number of rotatable bonds is 5. The zero-order valence-electron chi connectivity index (χ0n) is 16.3. The zero-order chi connectivity index (χ0) is 19.9. The average molecular weight is 387 g/mol. The zero-order valence-corrected chi connectivity index (χ0v) is 16.3. The molecular formula is C21H26FN3O3. The molecule has 1 N–H and O–H groups in total. The van der Waals surface area contributed by atoms with Crippen LogP contribution in [0.1, 0.15) is 36.9 Å². The van der Waals surface area contributed by atoms with Gasteiger partial charge in [-0.05, 0) is 44.7 Å². The molecule has 0 aliphatic carbocycles. The molecule has 2 aromatic rings. The third kappa shape index (κ3) is 3.69. The fraction of sp³-hybridized carbons (Fsp3) is 0.524. The third-order valence-electron chi connectivity index (χ3n) is 6.06. The fourth-order valence-corrected chi connectivity index (χ4v) is 4.72. The number of ether oxygens (including phenoxy) is 1. The number of nitrogens with zero attached hydrogens (tertiary/aromatic N) is 3. The minimum atomic E-state index is -0.967. The van der Waals surface area contributed by atoms with Gasteiger partial charge in [-0.25, -0.2) is 9.07 Å². The molecule has 2 atom stereocenters. The van der Waals surface area contributed by atoms with Crippen molar-refractivity contribution in [1.82, 2.24) is 14.7 Å². The van der Waals surface area contributed by atoms with E-state index in [-0.39, 0.29) is 30.0 Å². The SMILES string of the molecule is COc1ccc(CN2C3CCC2CC(O)(Cn2nc(C)ccc2=O)C3)c(F)c1. The van der Waals surface area contributed by atoms with Gasteiger partial charge in [0.2, 0.25) is 0 Å². The van der Waals surface area contributed by atoms with E-state index >= 15 is 0 Å². The Bertz CT molecular complexity index is 915. The minimum absolute atomic E-state index is 0.172. The van der Waals surface area contributed by atoms with Crippen LogP contribution < -0.4 is 10.3 Å². The Hall–Kier alpha value is -2.25. The van der Waals surface area contributed by atoms with E-state index in [0.29, 0.717) is 30.7 Å². The van der Waals surface area contributed by atoms with Gasteiger partial charge in [0.1, 0.15) is 11.6 Å². The Balaban J connectivity index is 1.50. The number of aromatic nitrogens is 2. The molecule has 3 heterocycles. The van der Waals surface area contributed by atoms with Crippen LogP contribution in [0.2, 0.25) is 0 Å². The first-order chi connectivity index (χ1) is 13.4. The summed E-state index contributed by atoms with van der Waals surface area (Å²) < 4.78 is 20.8. The predicted octanol–water partition coefficient (Wildman–Crippen LogP) is 2.26. The van der Waals surface area contributed by atoms with Crippen molar-refractivity contribution in [3.8, 4) is 5.75 Å². The lowest BCUT2D eigenvalue weighted by molar-refractivity contribution is -0.0679. The van der Waals surface area contributed by atoms with Gasteiger partial charge in [0, 0.05) is 36.3 Å². The number of aryl methyl sites for hydroxylation is 1. The van der Waals surface area contributed by atoms with E-state index in [1.807, 2.05) is 6.92 Å². The molecule has 2 unspecified atom stereocenters. The second-order valence-electron chi connectivity index (χ2n) is 8.12. The van der Waals surface area contributed by atoms with E-state index in [4.69, 9.17) is 4.74 Å². The van der Waals surface area contributed by atoms with Gasteiger partial charge in [0.05, 0.1) is 24.9 Å². The Labute approximate surface area is 163 Å². The molecule has 2 bridgehead atoms. The van der Waals surface area contributed by atoms with E-state index in [0.717, 1.165) is 18.5 Å². The molecule has 1 aromatic carbocycles. The van der Waals surface area contributed by atoms with Crippen molar-refractivity contribution < 1.29 is 14.2 Å². The lowest BCUT2D eigenvalue weighted by Crippen LogP contribution is -2.53. The molecule has 2 fully saturated rings. The maximum atomic E-state index is 14.4. The Morgan fingerprint density at radius 1 is 1.25 bits per heavy atom. The van der Waals surface area contributed by atoms with Gasteiger partial charge in [0.25, 0.3) is 5.56 Å². The van der Waals surface area contributed by atoms with Crippen molar-refractivity contribution in [3.63, 3.8) is 0 Å². The molecule has 0 saturated carbocycles. The largest absolute Gasteiger partial charge is 0.497 e. The average Bonchev–Trinajstić information content (AvgIpc) is 2.90. The van der Waals surface area contributed by atoms with Crippen LogP contribution in [0.25, 0.3) is 0 Å². The Kier molecular flexibility index (Phi) is 4.97. The van der Waals surface area contributed by atoms with E-state index in [2.05, 4.69) is 10.00 Å². The summed E-state index contributed by atoms with van der Waals surface area (Å²) in [4.78, 5) is 14.4. The number of fused-ring (bicyclic) bond motifs is 2. The van der Waals surface area contributed by atoms with Crippen LogP contribution in [0, 0.1) is 12.7 Å². The summed E-state index contributed by atoms with van der Waals surface area (Å²) in [7, 11) is 1.52. The topological polar surface area (TPSA) is 67.6 Å². The fourth-order valence-electron chi connectivity index (χ4n) is 4.72. The predicted molar refractivity (Wildman–Crippen MR) is 103 cm³/mol. The number of hydrogen-bond donors (Lipinski definition) is 1. The third-order valence-corrected chi connectivity index (χ3v) is 6.06. The molecular weight excluding hydrogens is 361 g/mol. The van der Waals surface area contributed by atoms with Crippen molar-refractivity contribution >= 4 is 0 Å². The Morgan fingerprint density at radius 3 is 2.61 bits per heavy atom. The van der Waals surface area contributed by atoms with Crippen LogP contribution >= 0.6 is 0 Å². The highest BCUT2D eigenvalue weighted by molar-refractivity contribution is 5.29. The molecule has 0 radical (unpaired) electrons. The second-order valence-corrected chi connectivity index (χ2v) is 8.12. The van der Waals surface area contributed by atoms with Crippen LogP contribution in [0.15, 0.2) is 35.1 Å². The molecule has 1 aromatic heterocycles. The standard InChI is InChI=1S/C21H26FN3O3/c1-14-3-8-20(26)25(23-14)13-21(27)10-16-5-6-17(11-21)24(16)12-15-4-7-18(28-2)9-19(15)22/h3-4,7-9,16-17,27H,5-6,10-13H2,1-2H3. The quantitative estimate of drug-likeness (QED) is 0.852. The summed E-state index contributed by atoms with van der Waals surface area (Å²) in [5.74, 6) is 0.239. The number of aliphatic hydroxyl groups is 1. The summed E-state index contributed by atoms with van der Waals surface area (Å²) in [6, 6.07) is 8.46. The number of halogens is 1. The van der Waals surface area contributed by atoms with Crippen molar-refractivity contribution in [2.45, 2.75) is 63.4 Å². The van der Waals surface area contributed by atoms with E-state index < -0.39 is 5.60 Å². The number of benzene rings is 1. The van der Waals surface area contributed by atoms with Gasteiger partial charge in [-0.2, -0.15) is 5.10 Å². The summed E-state index contributed by atoms with van der Waals surface area (Å²) in [5.41, 5.74) is 0.221. The summed E-state index contributed by atoms with van der Waals surface area (Å²) in [5, 5.41) is 15.5. The Morgan fingerprint density at radius 2 is 1.96 bits per heavy atom. The van der Waals surface area contributed by atoms with Crippen molar-refractivity contribution in [1.29, 1.82) is 0 Å². The summed E-state index contributed by atoms with van der Waals surface area (Å²) in [6.07, 6.45) is 3.06. The molecule has 2 aliphatic rings.